The Morgan fingerprint density at radius 3 is 2.73 bits per heavy atom. The molecule has 7 nitrogen and oxygen atoms in total. The topological polar surface area (TPSA) is 98.3 Å². The first kappa shape index (κ1) is 15.6. The predicted molar refractivity (Wildman–Crippen MR) is 81.1 cm³/mol. The molecule has 1 aromatic heterocycles. The largest absolute Gasteiger partial charge is 0.481 e. The molecule has 0 aliphatic rings. The lowest BCUT2D eigenvalue weighted by Gasteiger charge is -2.16. The monoisotopic (exact) mass is 302 g/mol. The molecule has 0 unspecified atom stereocenters. The number of aromatic amines is 1. The second kappa shape index (κ2) is 7.26. The number of nitrogens with one attached hydrogen (secondary N) is 2. The number of benzene rings is 1. The van der Waals surface area contributed by atoms with Gasteiger partial charge in [0, 0.05) is 13.6 Å². The van der Waals surface area contributed by atoms with Crippen LogP contribution >= 0.6 is 0 Å². The number of H-pyrrole nitrogens is 1. The number of carbonyl (C=O) groups is 2. The van der Waals surface area contributed by atoms with Crippen molar-refractivity contribution >= 4 is 12.0 Å². The molecule has 22 heavy (non-hydrogen) atoms. The number of hydrogen-bond acceptors (Lipinski definition) is 3. The Hall–Kier alpha value is -2.83. The van der Waals surface area contributed by atoms with Gasteiger partial charge in [-0.1, -0.05) is 30.3 Å². The molecule has 0 saturated carbocycles. The Kier molecular flexibility index (Phi) is 5.13. The van der Waals surface area contributed by atoms with Gasteiger partial charge in [-0.15, -0.1) is 0 Å². The zero-order valence-electron chi connectivity index (χ0n) is 12.2. The van der Waals surface area contributed by atoms with Crippen LogP contribution in [0.3, 0.4) is 0 Å². The van der Waals surface area contributed by atoms with Crippen molar-refractivity contribution in [3.63, 3.8) is 0 Å². The fourth-order valence-electron chi connectivity index (χ4n) is 1.92. The highest BCUT2D eigenvalue weighted by Gasteiger charge is 2.11. The molecule has 0 atom stereocenters. The van der Waals surface area contributed by atoms with Crippen molar-refractivity contribution in [2.75, 3.05) is 13.6 Å². The molecule has 1 heterocycles. The maximum absolute atomic E-state index is 11.8. The van der Waals surface area contributed by atoms with Gasteiger partial charge in [0.25, 0.3) is 0 Å². The molecule has 116 valence electrons. The lowest BCUT2D eigenvalue weighted by atomic mass is 10.2. The Bertz CT molecular complexity index is 639. The van der Waals surface area contributed by atoms with Gasteiger partial charge in [0.2, 0.25) is 0 Å². The van der Waals surface area contributed by atoms with Crippen LogP contribution in [0.15, 0.2) is 36.5 Å². The summed E-state index contributed by atoms with van der Waals surface area (Å²) in [6.07, 6.45) is 1.62. The highest BCUT2D eigenvalue weighted by molar-refractivity contribution is 5.74. The van der Waals surface area contributed by atoms with Crippen molar-refractivity contribution in [2.24, 2.45) is 0 Å². The average Bonchev–Trinajstić information content (AvgIpc) is 2.96. The van der Waals surface area contributed by atoms with E-state index in [9.17, 15) is 9.59 Å². The third-order valence-corrected chi connectivity index (χ3v) is 3.06. The van der Waals surface area contributed by atoms with E-state index in [0.717, 1.165) is 11.3 Å². The van der Waals surface area contributed by atoms with Crippen LogP contribution in [0.2, 0.25) is 0 Å². The molecule has 0 aliphatic heterocycles. The van der Waals surface area contributed by atoms with E-state index in [2.05, 4.69) is 15.3 Å². The maximum Gasteiger partial charge on any atom is 0.317 e. The summed E-state index contributed by atoms with van der Waals surface area (Å²) in [5.41, 5.74) is 1.91. The van der Waals surface area contributed by atoms with Crippen LogP contribution < -0.4 is 5.32 Å². The second-order valence-corrected chi connectivity index (χ2v) is 4.84. The van der Waals surface area contributed by atoms with Gasteiger partial charge in [-0.2, -0.15) is 0 Å². The van der Waals surface area contributed by atoms with Crippen LogP contribution in [0.25, 0.3) is 11.3 Å². The summed E-state index contributed by atoms with van der Waals surface area (Å²) < 4.78 is 0. The summed E-state index contributed by atoms with van der Waals surface area (Å²) in [5, 5.41) is 11.1. The van der Waals surface area contributed by atoms with E-state index in [1.165, 1.54) is 4.90 Å². The van der Waals surface area contributed by atoms with Gasteiger partial charge in [-0.3, -0.25) is 4.79 Å². The molecule has 0 spiro atoms. The van der Waals surface area contributed by atoms with Crippen molar-refractivity contribution in [1.82, 2.24) is 20.2 Å². The molecule has 1 aromatic carbocycles. The molecule has 0 saturated heterocycles. The standard InChI is InChI=1S/C15H18N4O3/c1-19(15(22)16-8-7-14(20)21)10-13-17-9-12(18-13)11-5-3-2-4-6-11/h2-6,9H,7-8,10H2,1H3,(H,16,22)(H,17,18)(H,20,21). The number of nitrogens with zero attached hydrogens (tertiary/aromatic N) is 2. The molecular formula is C15H18N4O3. The molecule has 0 fully saturated rings. The first-order valence-electron chi connectivity index (χ1n) is 6.86. The Labute approximate surface area is 128 Å². The summed E-state index contributed by atoms with van der Waals surface area (Å²) in [6, 6.07) is 9.43. The molecule has 7 heteroatoms. The van der Waals surface area contributed by atoms with Gasteiger partial charge >= 0.3 is 12.0 Å². The quantitative estimate of drug-likeness (QED) is 0.756. The Morgan fingerprint density at radius 2 is 2.05 bits per heavy atom. The highest BCUT2D eigenvalue weighted by atomic mass is 16.4. The molecule has 2 amide bonds. The first-order chi connectivity index (χ1) is 10.6. The van der Waals surface area contributed by atoms with Gasteiger partial charge in [-0.25, -0.2) is 9.78 Å². The van der Waals surface area contributed by atoms with Crippen molar-refractivity contribution in [3.8, 4) is 11.3 Å². The number of aliphatic carboxylic acids is 1. The van der Waals surface area contributed by atoms with E-state index in [1.807, 2.05) is 30.3 Å². The number of carbonyl (C=O) groups excluding carboxylic acids is 1. The van der Waals surface area contributed by atoms with E-state index in [0.29, 0.717) is 12.4 Å². The predicted octanol–water partition coefficient (Wildman–Crippen LogP) is 1.69. The minimum Gasteiger partial charge on any atom is -0.481 e. The van der Waals surface area contributed by atoms with Gasteiger partial charge < -0.3 is 20.3 Å². The number of rotatable bonds is 6. The zero-order chi connectivity index (χ0) is 15.9. The summed E-state index contributed by atoms with van der Waals surface area (Å²) in [7, 11) is 1.63. The average molecular weight is 302 g/mol. The number of carboxylic acids is 1. The summed E-state index contributed by atoms with van der Waals surface area (Å²) >= 11 is 0. The van der Waals surface area contributed by atoms with E-state index < -0.39 is 5.97 Å². The highest BCUT2D eigenvalue weighted by Crippen LogP contribution is 2.16. The second-order valence-electron chi connectivity index (χ2n) is 4.84. The van der Waals surface area contributed by atoms with Crippen molar-refractivity contribution in [3.05, 3.63) is 42.4 Å². The van der Waals surface area contributed by atoms with Gasteiger partial charge in [0.05, 0.1) is 24.9 Å². The summed E-state index contributed by atoms with van der Waals surface area (Å²) in [6.45, 7) is 0.414. The van der Waals surface area contributed by atoms with E-state index in [-0.39, 0.29) is 19.0 Å². The zero-order valence-corrected chi connectivity index (χ0v) is 12.2. The molecule has 3 N–H and O–H groups in total. The molecular weight excluding hydrogens is 284 g/mol. The first-order valence-corrected chi connectivity index (χ1v) is 6.86. The van der Waals surface area contributed by atoms with Crippen LogP contribution in [-0.4, -0.2) is 45.6 Å². The third kappa shape index (κ3) is 4.34. The minimum atomic E-state index is -0.943. The van der Waals surface area contributed by atoms with Gasteiger partial charge in [0.1, 0.15) is 5.82 Å². The molecule has 2 aromatic rings. The number of imidazole rings is 1. The Morgan fingerprint density at radius 1 is 1.32 bits per heavy atom. The number of urea groups is 1. The SMILES string of the molecule is CN(Cc1ncc(-c2ccccc2)[nH]1)C(=O)NCCC(=O)O. The number of hydrogen-bond donors (Lipinski definition) is 3. The maximum atomic E-state index is 11.8. The van der Waals surface area contributed by atoms with E-state index in [4.69, 9.17) is 5.11 Å². The van der Waals surface area contributed by atoms with Crippen molar-refractivity contribution in [1.29, 1.82) is 0 Å². The number of carboxylic acid groups (broad SMARTS) is 1. The molecule has 0 aliphatic carbocycles. The summed E-state index contributed by atoms with van der Waals surface area (Å²) in [4.78, 5) is 31.0. The lowest BCUT2D eigenvalue weighted by Crippen LogP contribution is -2.38. The molecule has 0 radical (unpaired) electrons. The fourth-order valence-corrected chi connectivity index (χ4v) is 1.92. The third-order valence-electron chi connectivity index (χ3n) is 3.06. The smallest absolute Gasteiger partial charge is 0.317 e. The fraction of sp³-hybridized carbons (Fsp3) is 0.267. The number of aromatic nitrogens is 2. The Balaban J connectivity index is 1.89. The minimum absolute atomic E-state index is 0.0987. The van der Waals surface area contributed by atoms with Crippen molar-refractivity contribution in [2.45, 2.75) is 13.0 Å². The van der Waals surface area contributed by atoms with Crippen molar-refractivity contribution < 1.29 is 14.7 Å². The lowest BCUT2D eigenvalue weighted by molar-refractivity contribution is -0.136. The normalized spacial score (nSPS) is 10.2. The van der Waals surface area contributed by atoms with Crippen LogP contribution in [-0.2, 0) is 11.3 Å². The van der Waals surface area contributed by atoms with E-state index in [1.54, 1.807) is 13.2 Å². The van der Waals surface area contributed by atoms with Crippen LogP contribution in [0, 0.1) is 0 Å². The number of amides is 2. The summed E-state index contributed by atoms with van der Waals surface area (Å²) in [5.74, 6) is -0.281. The van der Waals surface area contributed by atoms with Crippen LogP contribution in [0.1, 0.15) is 12.2 Å². The van der Waals surface area contributed by atoms with E-state index >= 15 is 0 Å². The van der Waals surface area contributed by atoms with Crippen LogP contribution in [0.5, 0.6) is 0 Å². The molecule has 2 rings (SSSR count). The van der Waals surface area contributed by atoms with Gasteiger partial charge in [-0.05, 0) is 5.56 Å². The van der Waals surface area contributed by atoms with Gasteiger partial charge in [0.15, 0.2) is 0 Å². The molecule has 0 bridgehead atoms. The van der Waals surface area contributed by atoms with Crippen LogP contribution in [0.4, 0.5) is 4.79 Å².